The van der Waals surface area contributed by atoms with Crippen molar-refractivity contribution in [2.75, 3.05) is 19.5 Å². The lowest BCUT2D eigenvalue weighted by atomic mass is 10.2. The van der Waals surface area contributed by atoms with E-state index in [-0.39, 0.29) is 0 Å². The second-order valence-corrected chi connectivity index (χ2v) is 2.54. The molecule has 0 saturated heterocycles. The number of nitrogen functional groups attached to an aromatic ring is 1. The fourth-order valence-corrected chi connectivity index (χ4v) is 0.966. The zero-order valence-electron chi connectivity index (χ0n) is 8.11. The molecule has 0 aliphatic rings. The molecule has 0 amide bonds. The Hall–Kier alpha value is -1.78. The average Bonchev–Trinajstić information content (AvgIpc) is 2.18. The van der Waals surface area contributed by atoms with Gasteiger partial charge in [0.05, 0.1) is 25.0 Å². The van der Waals surface area contributed by atoms with Crippen LogP contribution in [0.15, 0.2) is 12.3 Å². The summed E-state index contributed by atoms with van der Waals surface area (Å²) in [6, 6.07) is 1.48. The lowest BCUT2D eigenvalue weighted by Crippen LogP contribution is -2.06. The van der Waals surface area contributed by atoms with E-state index in [0.717, 1.165) is 0 Å². The molecule has 76 valence electrons. The van der Waals surface area contributed by atoms with E-state index < -0.39 is 5.97 Å². The molecule has 0 atom stereocenters. The molecule has 1 heterocycles. The molecule has 0 radical (unpaired) electrons. The van der Waals surface area contributed by atoms with Gasteiger partial charge in [0.1, 0.15) is 0 Å². The highest BCUT2D eigenvalue weighted by atomic mass is 16.5. The van der Waals surface area contributed by atoms with Gasteiger partial charge >= 0.3 is 5.97 Å². The summed E-state index contributed by atoms with van der Waals surface area (Å²) in [6.45, 7) is 2.06. The number of nitrogens with two attached hydrogens (primary N) is 1. The maximum Gasteiger partial charge on any atom is 0.339 e. The molecule has 1 aromatic heterocycles. The first-order chi connectivity index (χ1) is 6.69. The van der Waals surface area contributed by atoms with Gasteiger partial charge in [-0.3, -0.25) is 0 Å². The van der Waals surface area contributed by atoms with Crippen molar-refractivity contribution in [2.24, 2.45) is 0 Å². The summed E-state index contributed by atoms with van der Waals surface area (Å²) < 4.78 is 9.63. The predicted octanol–water partition coefficient (Wildman–Crippen LogP) is 0.849. The molecule has 0 aliphatic heterocycles. The minimum atomic E-state index is -0.436. The van der Waals surface area contributed by atoms with Crippen LogP contribution in [0, 0.1) is 0 Å². The largest absolute Gasteiger partial charge is 0.480 e. The number of anilines is 1. The van der Waals surface area contributed by atoms with Gasteiger partial charge in [-0.05, 0) is 13.0 Å². The van der Waals surface area contributed by atoms with E-state index >= 15 is 0 Å². The van der Waals surface area contributed by atoms with Crippen molar-refractivity contribution >= 4 is 11.7 Å². The third-order valence-corrected chi connectivity index (χ3v) is 1.58. The zero-order valence-corrected chi connectivity index (χ0v) is 8.11. The van der Waals surface area contributed by atoms with Crippen molar-refractivity contribution in [1.29, 1.82) is 0 Å². The molecule has 0 aliphatic carbocycles. The number of nitrogens with zero attached hydrogens (tertiary/aromatic N) is 1. The van der Waals surface area contributed by atoms with Crippen molar-refractivity contribution in [3.63, 3.8) is 0 Å². The van der Waals surface area contributed by atoms with Gasteiger partial charge in [-0.15, -0.1) is 0 Å². The van der Waals surface area contributed by atoms with Crippen LogP contribution in [0.1, 0.15) is 17.3 Å². The maximum absolute atomic E-state index is 11.2. The van der Waals surface area contributed by atoms with Crippen LogP contribution in [-0.4, -0.2) is 24.7 Å². The van der Waals surface area contributed by atoms with Crippen LogP contribution in [0.4, 0.5) is 5.69 Å². The Morgan fingerprint density at radius 3 is 2.86 bits per heavy atom. The maximum atomic E-state index is 11.2. The van der Waals surface area contributed by atoms with E-state index in [1.807, 2.05) is 0 Å². The molecule has 2 N–H and O–H groups in total. The Morgan fingerprint density at radius 2 is 2.36 bits per heavy atom. The highest BCUT2D eigenvalue weighted by molar-refractivity contribution is 5.90. The van der Waals surface area contributed by atoms with E-state index in [4.69, 9.17) is 15.2 Å². The minimum Gasteiger partial charge on any atom is -0.480 e. The SMILES string of the molecule is CCOC(=O)c1cnc(OC)c(N)c1. The zero-order chi connectivity index (χ0) is 10.6. The molecule has 0 bridgehead atoms. The highest BCUT2D eigenvalue weighted by Gasteiger charge is 2.09. The number of aromatic nitrogens is 1. The van der Waals surface area contributed by atoms with Gasteiger partial charge in [0, 0.05) is 6.20 Å². The molecule has 0 spiro atoms. The molecule has 0 aromatic carbocycles. The summed E-state index contributed by atoms with van der Waals surface area (Å²) >= 11 is 0. The second kappa shape index (κ2) is 4.45. The van der Waals surface area contributed by atoms with Crippen LogP contribution in [0.5, 0.6) is 5.88 Å². The Kier molecular flexibility index (Phi) is 3.28. The van der Waals surface area contributed by atoms with E-state index in [2.05, 4.69) is 4.98 Å². The quantitative estimate of drug-likeness (QED) is 0.725. The number of methoxy groups -OCH3 is 1. The number of carbonyl (C=O) groups is 1. The first-order valence-corrected chi connectivity index (χ1v) is 4.15. The van der Waals surface area contributed by atoms with Gasteiger partial charge in [-0.25, -0.2) is 9.78 Å². The summed E-state index contributed by atoms with van der Waals surface area (Å²) in [4.78, 5) is 15.1. The molecule has 0 fully saturated rings. The predicted molar refractivity (Wildman–Crippen MR) is 51.2 cm³/mol. The molecule has 0 saturated carbocycles. The number of ether oxygens (including phenoxy) is 2. The van der Waals surface area contributed by atoms with Crippen molar-refractivity contribution in [3.05, 3.63) is 17.8 Å². The fraction of sp³-hybridized carbons (Fsp3) is 0.333. The van der Waals surface area contributed by atoms with Gasteiger partial charge in [0.15, 0.2) is 0 Å². The van der Waals surface area contributed by atoms with Crippen molar-refractivity contribution in [2.45, 2.75) is 6.92 Å². The van der Waals surface area contributed by atoms with E-state index in [0.29, 0.717) is 23.7 Å². The summed E-state index contributed by atoms with van der Waals surface area (Å²) in [7, 11) is 1.46. The molecule has 0 unspecified atom stereocenters. The monoisotopic (exact) mass is 196 g/mol. The van der Waals surface area contributed by atoms with Gasteiger partial charge in [0.2, 0.25) is 5.88 Å². The van der Waals surface area contributed by atoms with E-state index in [1.165, 1.54) is 19.4 Å². The molecule has 5 heteroatoms. The normalized spacial score (nSPS) is 9.57. The van der Waals surface area contributed by atoms with Crippen LogP contribution in [0.25, 0.3) is 0 Å². The number of rotatable bonds is 3. The molecule has 14 heavy (non-hydrogen) atoms. The van der Waals surface area contributed by atoms with Crippen molar-refractivity contribution in [1.82, 2.24) is 4.98 Å². The molecule has 1 rings (SSSR count). The van der Waals surface area contributed by atoms with Crippen LogP contribution in [0.3, 0.4) is 0 Å². The van der Waals surface area contributed by atoms with Crippen molar-refractivity contribution < 1.29 is 14.3 Å². The topological polar surface area (TPSA) is 74.4 Å². The van der Waals surface area contributed by atoms with E-state index in [9.17, 15) is 4.79 Å². The van der Waals surface area contributed by atoms with Gasteiger partial charge in [-0.1, -0.05) is 0 Å². The standard InChI is InChI=1S/C9H12N2O3/c1-3-14-9(12)6-4-7(10)8(13-2)11-5-6/h4-5H,3,10H2,1-2H3. The number of esters is 1. The number of carbonyl (C=O) groups excluding carboxylic acids is 1. The minimum absolute atomic E-state index is 0.304. The average molecular weight is 196 g/mol. The van der Waals surface area contributed by atoms with E-state index in [1.54, 1.807) is 6.92 Å². The Balaban J connectivity index is 2.91. The number of hydrogen-bond donors (Lipinski definition) is 1. The number of hydrogen-bond acceptors (Lipinski definition) is 5. The number of pyridine rings is 1. The van der Waals surface area contributed by atoms with Gasteiger partial charge in [0.25, 0.3) is 0 Å². The molecular weight excluding hydrogens is 184 g/mol. The summed E-state index contributed by atoms with van der Waals surface area (Å²) in [5, 5.41) is 0. The molecule has 5 nitrogen and oxygen atoms in total. The lowest BCUT2D eigenvalue weighted by Gasteiger charge is -2.05. The highest BCUT2D eigenvalue weighted by Crippen LogP contribution is 2.18. The second-order valence-electron chi connectivity index (χ2n) is 2.54. The third kappa shape index (κ3) is 2.12. The smallest absolute Gasteiger partial charge is 0.339 e. The Bertz CT molecular complexity index is 339. The van der Waals surface area contributed by atoms with Gasteiger partial charge in [-0.2, -0.15) is 0 Å². The Labute approximate surface area is 81.8 Å². The summed E-state index contributed by atoms with van der Waals surface area (Å²) in [5.41, 5.74) is 6.21. The van der Waals surface area contributed by atoms with Crippen LogP contribution < -0.4 is 10.5 Å². The third-order valence-electron chi connectivity index (χ3n) is 1.58. The molecular formula is C9H12N2O3. The summed E-state index contributed by atoms with van der Waals surface area (Å²) in [5.74, 6) is -0.132. The van der Waals surface area contributed by atoms with Crippen LogP contribution in [0.2, 0.25) is 0 Å². The first kappa shape index (κ1) is 10.3. The summed E-state index contributed by atoms with van der Waals surface area (Å²) in [6.07, 6.45) is 1.37. The van der Waals surface area contributed by atoms with Crippen LogP contribution >= 0.6 is 0 Å². The lowest BCUT2D eigenvalue weighted by molar-refractivity contribution is 0.0526. The fourth-order valence-electron chi connectivity index (χ4n) is 0.966. The molecule has 1 aromatic rings. The van der Waals surface area contributed by atoms with Crippen molar-refractivity contribution in [3.8, 4) is 5.88 Å². The Morgan fingerprint density at radius 1 is 1.64 bits per heavy atom. The van der Waals surface area contributed by atoms with Crippen LogP contribution in [-0.2, 0) is 4.74 Å². The first-order valence-electron chi connectivity index (χ1n) is 4.15. The van der Waals surface area contributed by atoms with Gasteiger partial charge < -0.3 is 15.2 Å².